The third kappa shape index (κ3) is 3.44. The van der Waals surface area contributed by atoms with Crippen LogP contribution in [-0.4, -0.2) is 46.7 Å². The number of rotatable bonds is 5. The van der Waals surface area contributed by atoms with E-state index in [2.05, 4.69) is 0 Å². The number of benzene rings is 1. The maximum Gasteiger partial charge on any atom is 0.245 e. The zero-order valence-corrected chi connectivity index (χ0v) is 12.5. The Morgan fingerprint density at radius 1 is 1.41 bits per heavy atom. The van der Waals surface area contributed by atoms with Crippen molar-refractivity contribution in [2.75, 3.05) is 6.54 Å². The maximum absolute atomic E-state index is 12.5. The number of carbonyl (C=O) groups excluding carboxylic acids is 3. The van der Waals surface area contributed by atoms with Crippen molar-refractivity contribution in [1.29, 1.82) is 0 Å². The Labute approximate surface area is 129 Å². The lowest BCUT2D eigenvalue weighted by atomic mass is 10.1. The topological polar surface area (TPSA) is 80.8 Å². The summed E-state index contributed by atoms with van der Waals surface area (Å²) >= 11 is 0. The Hall–Kier alpha value is -2.37. The molecule has 1 fully saturated rings. The Morgan fingerprint density at radius 3 is 2.68 bits per heavy atom. The molecule has 22 heavy (non-hydrogen) atoms. The van der Waals surface area contributed by atoms with Crippen LogP contribution in [0.25, 0.3) is 0 Å². The van der Waals surface area contributed by atoms with E-state index in [4.69, 9.17) is 0 Å². The van der Waals surface area contributed by atoms with Crippen molar-refractivity contribution < 1.29 is 19.5 Å². The molecule has 0 radical (unpaired) electrons. The highest BCUT2D eigenvalue weighted by molar-refractivity contribution is 5.87. The Bertz CT molecular complexity index is 546. The summed E-state index contributed by atoms with van der Waals surface area (Å²) < 4.78 is 0. The molecule has 1 aromatic carbocycles. The molecule has 1 saturated heterocycles. The van der Waals surface area contributed by atoms with Gasteiger partial charge in [-0.05, 0) is 25.3 Å². The van der Waals surface area contributed by atoms with Crippen LogP contribution in [0.1, 0.15) is 25.3 Å². The Morgan fingerprint density at radius 2 is 2.09 bits per heavy atom. The van der Waals surface area contributed by atoms with E-state index in [1.807, 2.05) is 6.07 Å². The van der Waals surface area contributed by atoms with Crippen LogP contribution in [0.3, 0.4) is 0 Å². The molecule has 0 bridgehead atoms. The van der Waals surface area contributed by atoms with Crippen molar-refractivity contribution in [1.82, 2.24) is 9.80 Å². The molecule has 2 rings (SSSR count). The first kappa shape index (κ1) is 16.0. The fraction of sp³-hybridized carbons (Fsp3) is 0.438. The molecule has 0 aliphatic carbocycles. The van der Waals surface area contributed by atoms with E-state index in [-0.39, 0.29) is 12.5 Å². The number of likely N-dealkylation sites (tertiary alicyclic amines) is 1. The van der Waals surface area contributed by atoms with Gasteiger partial charge in [-0.1, -0.05) is 30.3 Å². The third-order valence-electron chi connectivity index (χ3n) is 3.99. The molecule has 0 spiro atoms. The standard InChI is InChI=1S/C16H20N2O4/c1-12(15(20)17-9-5-8-14(17)11-19)18(16(21)22)10-13-6-3-2-4-7-13/h2-4,6-7,11-12,14H,5,8-10H2,1H3,(H,21,22)/p-1. The molecule has 2 atom stereocenters. The lowest BCUT2D eigenvalue weighted by Crippen LogP contribution is -2.53. The summed E-state index contributed by atoms with van der Waals surface area (Å²) in [6.07, 6.45) is 0.738. The third-order valence-corrected chi connectivity index (χ3v) is 3.99. The minimum absolute atomic E-state index is 0.0790. The van der Waals surface area contributed by atoms with Crippen molar-refractivity contribution in [3.05, 3.63) is 35.9 Å². The minimum Gasteiger partial charge on any atom is -0.530 e. The van der Waals surface area contributed by atoms with Gasteiger partial charge in [0.05, 0.1) is 6.04 Å². The van der Waals surface area contributed by atoms with Gasteiger partial charge in [0, 0.05) is 13.1 Å². The molecule has 1 heterocycles. The molecule has 0 aromatic heterocycles. The zero-order valence-electron chi connectivity index (χ0n) is 12.5. The fourth-order valence-corrected chi connectivity index (χ4v) is 2.72. The van der Waals surface area contributed by atoms with Crippen LogP contribution < -0.4 is 5.11 Å². The highest BCUT2D eigenvalue weighted by Crippen LogP contribution is 2.19. The molecular formula is C16H19N2O4-. The average molecular weight is 303 g/mol. The van der Waals surface area contributed by atoms with E-state index in [0.717, 1.165) is 23.2 Å². The summed E-state index contributed by atoms with van der Waals surface area (Å²) in [7, 11) is 0. The summed E-state index contributed by atoms with van der Waals surface area (Å²) in [5, 5.41) is 11.4. The molecule has 6 nitrogen and oxygen atoms in total. The number of hydrogen-bond acceptors (Lipinski definition) is 4. The lowest BCUT2D eigenvalue weighted by molar-refractivity contribution is -0.268. The van der Waals surface area contributed by atoms with Crippen LogP contribution in [0.5, 0.6) is 0 Å². The molecule has 0 N–H and O–H groups in total. The van der Waals surface area contributed by atoms with Crippen LogP contribution in [0.2, 0.25) is 0 Å². The van der Waals surface area contributed by atoms with Gasteiger partial charge in [0.15, 0.2) is 0 Å². The van der Waals surface area contributed by atoms with Crippen molar-refractivity contribution in [2.24, 2.45) is 0 Å². The lowest BCUT2D eigenvalue weighted by Gasteiger charge is -2.34. The van der Waals surface area contributed by atoms with Gasteiger partial charge >= 0.3 is 0 Å². The van der Waals surface area contributed by atoms with Crippen molar-refractivity contribution in [2.45, 2.75) is 38.4 Å². The summed E-state index contributed by atoms with van der Waals surface area (Å²) in [5.41, 5.74) is 0.778. The highest BCUT2D eigenvalue weighted by Gasteiger charge is 2.33. The second-order valence-electron chi connectivity index (χ2n) is 5.43. The van der Waals surface area contributed by atoms with E-state index in [1.54, 1.807) is 24.3 Å². The molecule has 1 aliphatic heterocycles. The van der Waals surface area contributed by atoms with Crippen LogP contribution in [0, 0.1) is 0 Å². The number of carboxylic acid groups (broad SMARTS) is 1. The summed E-state index contributed by atoms with van der Waals surface area (Å²) in [5.74, 6) is -0.352. The van der Waals surface area contributed by atoms with Gasteiger partial charge in [-0.2, -0.15) is 0 Å². The molecular weight excluding hydrogens is 284 g/mol. The monoisotopic (exact) mass is 303 g/mol. The van der Waals surface area contributed by atoms with Crippen molar-refractivity contribution in [3.63, 3.8) is 0 Å². The number of hydrogen-bond donors (Lipinski definition) is 0. The zero-order chi connectivity index (χ0) is 16.1. The van der Waals surface area contributed by atoms with Crippen LogP contribution >= 0.6 is 0 Å². The van der Waals surface area contributed by atoms with Gasteiger partial charge < -0.3 is 24.5 Å². The molecule has 6 heteroatoms. The van der Waals surface area contributed by atoms with Crippen molar-refractivity contribution >= 4 is 18.3 Å². The summed E-state index contributed by atoms with van der Waals surface area (Å²) in [4.78, 5) is 37.3. The van der Waals surface area contributed by atoms with Gasteiger partial charge in [0.2, 0.25) is 5.91 Å². The van der Waals surface area contributed by atoms with E-state index in [1.165, 1.54) is 11.8 Å². The number of amides is 2. The minimum atomic E-state index is -1.40. The molecule has 1 aliphatic rings. The maximum atomic E-state index is 12.5. The van der Waals surface area contributed by atoms with Crippen LogP contribution in [-0.2, 0) is 16.1 Å². The first-order valence-electron chi connectivity index (χ1n) is 7.32. The molecule has 118 valence electrons. The number of carbonyl (C=O) groups is 3. The van der Waals surface area contributed by atoms with E-state index < -0.39 is 18.2 Å². The van der Waals surface area contributed by atoms with Gasteiger partial charge in [-0.25, -0.2) is 0 Å². The Kier molecular flexibility index (Phi) is 5.14. The second kappa shape index (κ2) is 7.06. The van der Waals surface area contributed by atoms with Crippen LogP contribution in [0.15, 0.2) is 30.3 Å². The first-order chi connectivity index (χ1) is 10.5. The van der Waals surface area contributed by atoms with Crippen molar-refractivity contribution in [3.8, 4) is 0 Å². The van der Waals surface area contributed by atoms with Gasteiger partial charge in [-0.15, -0.1) is 0 Å². The Balaban J connectivity index is 2.12. The molecule has 2 amide bonds. The largest absolute Gasteiger partial charge is 0.530 e. The average Bonchev–Trinajstić information content (AvgIpc) is 3.00. The quantitative estimate of drug-likeness (QED) is 0.738. The van der Waals surface area contributed by atoms with Gasteiger partial charge in [-0.3, -0.25) is 4.79 Å². The summed E-state index contributed by atoms with van der Waals surface area (Å²) in [6.45, 7) is 2.09. The number of aldehydes is 1. The second-order valence-corrected chi connectivity index (χ2v) is 5.43. The molecule has 0 saturated carbocycles. The molecule has 2 unspecified atom stereocenters. The van der Waals surface area contributed by atoms with Gasteiger partial charge in [0.25, 0.3) is 0 Å². The van der Waals surface area contributed by atoms with Crippen LogP contribution in [0.4, 0.5) is 4.79 Å². The van der Waals surface area contributed by atoms with E-state index >= 15 is 0 Å². The van der Waals surface area contributed by atoms with Gasteiger partial charge in [0.1, 0.15) is 18.4 Å². The summed E-state index contributed by atoms with van der Waals surface area (Å²) in [6, 6.07) is 7.69. The molecule has 1 aromatic rings. The predicted octanol–water partition coefficient (Wildman–Crippen LogP) is 0.410. The highest BCUT2D eigenvalue weighted by atomic mass is 16.4. The number of nitrogens with zero attached hydrogens (tertiary/aromatic N) is 2. The van der Waals surface area contributed by atoms with E-state index in [0.29, 0.717) is 13.0 Å². The fourth-order valence-electron chi connectivity index (χ4n) is 2.72. The normalized spacial score (nSPS) is 18.8. The smallest absolute Gasteiger partial charge is 0.245 e. The first-order valence-corrected chi connectivity index (χ1v) is 7.32. The SMILES string of the molecule is CC(C(=O)N1CCCC1C=O)N(Cc1ccccc1)C(=O)[O-]. The predicted molar refractivity (Wildman–Crippen MR) is 77.6 cm³/mol. The van der Waals surface area contributed by atoms with E-state index in [9.17, 15) is 19.5 Å².